The Labute approximate surface area is 108 Å². The number of rotatable bonds is 2. The van der Waals surface area contributed by atoms with Gasteiger partial charge in [0.15, 0.2) is 0 Å². The van der Waals surface area contributed by atoms with E-state index in [2.05, 4.69) is 10.2 Å². The van der Waals surface area contributed by atoms with Crippen LogP contribution < -0.4 is 5.32 Å². The molecule has 0 aromatic heterocycles. The fraction of sp³-hybridized carbons (Fsp3) is 0.923. The Morgan fingerprint density at radius 1 is 1.44 bits per heavy atom. The lowest BCUT2D eigenvalue weighted by atomic mass is 9.73. The molecule has 3 aliphatic heterocycles. The van der Waals surface area contributed by atoms with Gasteiger partial charge in [-0.2, -0.15) is 0 Å². The van der Waals surface area contributed by atoms with Crippen molar-refractivity contribution in [3.63, 3.8) is 0 Å². The van der Waals surface area contributed by atoms with E-state index >= 15 is 0 Å². The topological polar surface area (TPSA) is 61.8 Å². The monoisotopic (exact) mass is 256 g/mol. The van der Waals surface area contributed by atoms with Gasteiger partial charge in [-0.15, -0.1) is 0 Å². The van der Waals surface area contributed by atoms with Crippen LogP contribution in [0.2, 0.25) is 0 Å². The third kappa shape index (κ3) is 2.78. The van der Waals surface area contributed by atoms with Crippen molar-refractivity contribution in [1.29, 1.82) is 0 Å². The van der Waals surface area contributed by atoms with Crippen LogP contribution in [0.15, 0.2) is 0 Å². The first kappa shape index (κ1) is 13.6. The number of nitrogens with one attached hydrogen (secondary N) is 1. The highest BCUT2D eigenvalue weighted by Gasteiger charge is 2.47. The molecule has 18 heavy (non-hydrogen) atoms. The van der Waals surface area contributed by atoms with Crippen LogP contribution in [-0.2, 0) is 4.74 Å². The van der Waals surface area contributed by atoms with Gasteiger partial charge in [0.25, 0.3) is 0 Å². The molecule has 2 bridgehead atoms. The lowest BCUT2D eigenvalue weighted by Gasteiger charge is -2.52. The zero-order valence-corrected chi connectivity index (χ0v) is 11.5. The van der Waals surface area contributed by atoms with Crippen molar-refractivity contribution >= 4 is 6.09 Å². The van der Waals surface area contributed by atoms with Gasteiger partial charge in [-0.25, -0.2) is 4.79 Å². The minimum absolute atomic E-state index is 0.0204. The lowest BCUT2D eigenvalue weighted by Crippen LogP contribution is -2.69. The first-order chi connectivity index (χ1) is 8.35. The Morgan fingerprint density at radius 2 is 2.06 bits per heavy atom. The predicted molar refractivity (Wildman–Crippen MR) is 68.4 cm³/mol. The van der Waals surface area contributed by atoms with Crippen LogP contribution in [0.5, 0.6) is 0 Å². The van der Waals surface area contributed by atoms with Crippen molar-refractivity contribution in [2.24, 2.45) is 5.92 Å². The zero-order chi connectivity index (χ0) is 13.4. The molecule has 3 heterocycles. The van der Waals surface area contributed by atoms with E-state index in [1.54, 1.807) is 0 Å². The van der Waals surface area contributed by atoms with Crippen LogP contribution in [0.3, 0.4) is 0 Å². The second-order valence-electron chi connectivity index (χ2n) is 6.49. The summed E-state index contributed by atoms with van der Waals surface area (Å²) >= 11 is 0. The van der Waals surface area contributed by atoms with Gasteiger partial charge in [0, 0.05) is 6.54 Å². The maximum absolute atomic E-state index is 11.9. The summed E-state index contributed by atoms with van der Waals surface area (Å²) in [4.78, 5) is 14.2. The SMILES string of the molecule is CC(C)(C)OC(=O)NC1(CO)CN2CCC1CC2. The molecular weight excluding hydrogens is 232 g/mol. The number of alkyl carbamates (subject to hydrolysis) is 1. The number of aliphatic hydroxyl groups excluding tert-OH is 1. The van der Waals surface area contributed by atoms with Crippen molar-refractivity contribution in [2.75, 3.05) is 26.2 Å². The lowest BCUT2D eigenvalue weighted by molar-refractivity contribution is -0.0323. The minimum Gasteiger partial charge on any atom is -0.444 e. The summed E-state index contributed by atoms with van der Waals surface area (Å²) < 4.78 is 5.30. The molecule has 1 atom stereocenters. The average Bonchev–Trinajstić information content (AvgIpc) is 2.27. The number of hydrogen-bond acceptors (Lipinski definition) is 4. The van der Waals surface area contributed by atoms with Crippen LogP contribution in [0.4, 0.5) is 4.79 Å². The molecule has 3 saturated heterocycles. The van der Waals surface area contributed by atoms with Crippen molar-refractivity contribution in [1.82, 2.24) is 10.2 Å². The fourth-order valence-corrected chi connectivity index (χ4v) is 3.04. The summed E-state index contributed by atoms with van der Waals surface area (Å²) in [7, 11) is 0. The number of nitrogens with zero attached hydrogens (tertiary/aromatic N) is 1. The van der Waals surface area contributed by atoms with Gasteiger partial charge < -0.3 is 20.1 Å². The number of carbonyl (C=O) groups is 1. The van der Waals surface area contributed by atoms with Crippen molar-refractivity contribution in [2.45, 2.75) is 44.8 Å². The Bertz CT molecular complexity index is 319. The predicted octanol–water partition coefficient (Wildman–Crippen LogP) is 0.968. The highest BCUT2D eigenvalue weighted by molar-refractivity contribution is 5.69. The second kappa shape index (κ2) is 4.70. The number of piperidine rings is 3. The smallest absolute Gasteiger partial charge is 0.408 e. The molecule has 0 aromatic rings. The van der Waals surface area contributed by atoms with E-state index in [0.717, 1.165) is 32.5 Å². The van der Waals surface area contributed by atoms with Crippen molar-refractivity contribution < 1.29 is 14.6 Å². The van der Waals surface area contributed by atoms with Crippen LogP contribution in [-0.4, -0.2) is 53.5 Å². The molecule has 104 valence electrons. The summed E-state index contributed by atoms with van der Waals surface area (Å²) in [5, 5.41) is 12.6. The largest absolute Gasteiger partial charge is 0.444 e. The number of ether oxygens (including phenoxy) is 1. The third-order valence-corrected chi connectivity index (χ3v) is 3.91. The maximum atomic E-state index is 11.9. The van der Waals surface area contributed by atoms with E-state index < -0.39 is 17.2 Å². The zero-order valence-electron chi connectivity index (χ0n) is 11.5. The first-order valence-electron chi connectivity index (χ1n) is 6.69. The maximum Gasteiger partial charge on any atom is 0.408 e. The molecule has 3 fully saturated rings. The van der Waals surface area contributed by atoms with E-state index in [1.807, 2.05) is 20.8 Å². The Morgan fingerprint density at radius 3 is 2.44 bits per heavy atom. The van der Waals surface area contributed by atoms with Gasteiger partial charge in [0.1, 0.15) is 5.60 Å². The summed E-state index contributed by atoms with van der Waals surface area (Å²) in [6.45, 7) is 8.38. The van der Waals surface area contributed by atoms with Gasteiger partial charge in [-0.3, -0.25) is 0 Å². The van der Waals surface area contributed by atoms with Gasteiger partial charge in [-0.1, -0.05) is 0 Å². The molecule has 5 nitrogen and oxygen atoms in total. The summed E-state index contributed by atoms with van der Waals surface area (Å²) in [6.07, 6.45) is 1.65. The standard InChI is InChI=1S/C13H24N2O3/c1-12(2,3)18-11(17)14-13(9-16)8-15-6-4-10(13)5-7-15/h10,16H,4-9H2,1-3H3,(H,14,17). The number of hydrogen-bond donors (Lipinski definition) is 2. The second-order valence-corrected chi connectivity index (χ2v) is 6.49. The Balaban J connectivity index is 2.03. The van der Waals surface area contributed by atoms with Crippen molar-refractivity contribution in [3.05, 3.63) is 0 Å². The molecule has 0 saturated carbocycles. The molecule has 1 unspecified atom stereocenters. The van der Waals surface area contributed by atoms with Crippen LogP contribution in [0.1, 0.15) is 33.6 Å². The summed E-state index contributed by atoms with van der Waals surface area (Å²) in [5.41, 5.74) is -1.02. The molecule has 3 rings (SSSR count). The van der Waals surface area contributed by atoms with Gasteiger partial charge >= 0.3 is 6.09 Å². The molecule has 0 spiro atoms. The quantitative estimate of drug-likeness (QED) is 0.773. The molecule has 0 aliphatic carbocycles. The Hall–Kier alpha value is -0.810. The molecule has 5 heteroatoms. The minimum atomic E-state index is -0.515. The van der Waals surface area contributed by atoms with E-state index in [1.165, 1.54) is 0 Å². The van der Waals surface area contributed by atoms with Crippen LogP contribution in [0, 0.1) is 5.92 Å². The van der Waals surface area contributed by atoms with E-state index in [4.69, 9.17) is 4.74 Å². The number of aliphatic hydroxyl groups is 1. The molecule has 1 amide bonds. The van der Waals surface area contributed by atoms with Gasteiger partial charge in [0.05, 0.1) is 12.1 Å². The van der Waals surface area contributed by atoms with E-state index in [-0.39, 0.29) is 6.61 Å². The molecule has 0 radical (unpaired) electrons. The fourth-order valence-electron chi connectivity index (χ4n) is 3.04. The number of carbonyl (C=O) groups excluding carboxylic acids is 1. The third-order valence-electron chi connectivity index (χ3n) is 3.91. The molecule has 3 aliphatic rings. The first-order valence-corrected chi connectivity index (χ1v) is 6.69. The number of amides is 1. The van der Waals surface area contributed by atoms with E-state index in [9.17, 15) is 9.90 Å². The average molecular weight is 256 g/mol. The van der Waals surface area contributed by atoms with Gasteiger partial charge in [-0.05, 0) is 52.6 Å². The summed E-state index contributed by atoms with van der Waals surface area (Å²) in [5.74, 6) is 0.361. The van der Waals surface area contributed by atoms with E-state index in [0.29, 0.717) is 5.92 Å². The highest BCUT2D eigenvalue weighted by atomic mass is 16.6. The highest BCUT2D eigenvalue weighted by Crippen LogP contribution is 2.35. The van der Waals surface area contributed by atoms with Crippen molar-refractivity contribution in [3.8, 4) is 0 Å². The molecule has 0 aromatic carbocycles. The number of fused-ring (bicyclic) bond motifs is 3. The van der Waals surface area contributed by atoms with Crippen LogP contribution >= 0.6 is 0 Å². The van der Waals surface area contributed by atoms with Gasteiger partial charge in [0.2, 0.25) is 0 Å². The molecular formula is C13H24N2O3. The Kier molecular flexibility index (Phi) is 3.56. The van der Waals surface area contributed by atoms with Crippen LogP contribution in [0.25, 0.3) is 0 Å². The molecule has 2 N–H and O–H groups in total. The normalized spacial score (nSPS) is 35.3. The summed E-state index contributed by atoms with van der Waals surface area (Å²) in [6, 6.07) is 0.